The zero-order valence-corrected chi connectivity index (χ0v) is 13.4. The summed E-state index contributed by atoms with van der Waals surface area (Å²) in [6.45, 7) is 2.96. The van der Waals surface area contributed by atoms with E-state index in [4.69, 9.17) is 14.2 Å². The molecule has 0 N–H and O–H groups in total. The second-order valence-electron chi connectivity index (χ2n) is 6.20. The van der Waals surface area contributed by atoms with Crippen molar-refractivity contribution in [2.24, 2.45) is 0 Å². The maximum atomic E-state index is 12.8. The molecule has 1 atom stereocenters. The van der Waals surface area contributed by atoms with E-state index in [2.05, 4.69) is 0 Å². The van der Waals surface area contributed by atoms with Gasteiger partial charge in [-0.25, -0.2) is 0 Å². The number of likely N-dealkylation sites (tertiary alicyclic amines) is 1. The highest BCUT2D eigenvalue weighted by atomic mass is 16.7. The average molecular weight is 332 g/mol. The van der Waals surface area contributed by atoms with Crippen molar-refractivity contribution >= 4 is 11.8 Å². The molecule has 0 aromatic heterocycles. The first-order chi connectivity index (χ1) is 11.7. The van der Waals surface area contributed by atoms with Gasteiger partial charge in [-0.2, -0.15) is 0 Å². The van der Waals surface area contributed by atoms with Gasteiger partial charge in [0.2, 0.25) is 18.6 Å². The lowest BCUT2D eigenvalue weighted by atomic mass is 10.1. The molecule has 7 heteroatoms. The second kappa shape index (κ2) is 6.32. The summed E-state index contributed by atoms with van der Waals surface area (Å²) in [5.41, 5.74) is 0.939. The number of carbonyl (C=O) groups excluding carboxylic acids is 2. The summed E-state index contributed by atoms with van der Waals surface area (Å²) in [6, 6.07) is 5.26. The summed E-state index contributed by atoms with van der Waals surface area (Å²) in [6.07, 6.45) is 1.00. The van der Waals surface area contributed by atoms with Gasteiger partial charge in [-0.05, 0) is 24.1 Å². The normalized spacial score (nSPS) is 23.0. The van der Waals surface area contributed by atoms with Crippen LogP contribution in [0.4, 0.5) is 0 Å². The molecular formula is C17H20N2O5. The minimum atomic E-state index is -0.374. The zero-order valence-electron chi connectivity index (χ0n) is 13.4. The van der Waals surface area contributed by atoms with Crippen LogP contribution in [0.2, 0.25) is 0 Å². The maximum absolute atomic E-state index is 12.8. The van der Waals surface area contributed by atoms with E-state index in [1.54, 1.807) is 9.80 Å². The SMILES string of the molecule is O=C([C@H]1CCC(=O)N1Cc1ccc2c(c1)OCO2)N1CCOCC1. The molecule has 0 spiro atoms. The Morgan fingerprint density at radius 2 is 1.96 bits per heavy atom. The number of benzene rings is 1. The number of morpholine rings is 1. The molecule has 1 aromatic carbocycles. The van der Waals surface area contributed by atoms with E-state index >= 15 is 0 Å². The lowest BCUT2D eigenvalue weighted by Gasteiger charge is -2.32. The van der Waals surface area contributed by atoms with Crippen molar-refractivity contribution < 1.29 is 23.8 Å². The molecule has 0 radical (unpaired) electrons. The van der Waals surface area contributed by atoms with Gasteiger partial charge in [-0.3, -0.25) is 9.59 Å². The highest BCUT2D eigenvalue weighted by molar-refractivity contribution is 5.91. The van der Waals surface area contributed by atoms with Gasteiger partial charge in [0, 0.05) is 26.1 Å². The minimum absolute atomic E-state index is 0.0271. The number of hydrogen-bond donors (Lipinski definition) is 0. The third-order valence-corrected chi connectivity index (χ3v) is 4.73. The molecule has 0 aliphatic carbocycles. The Morgan fingerprint density at radius 3 is 2.79 bits per heavy atom. The van der Waals surface area contributed by atoms with Gasteiger partial charge in [-0.1, -0.05) is 6.07 Å². The number of rotatable bonds is 3. The van der Waals surface area contributed by atoms with E-state index < -0.39 is 0 Å². The Labute approximate surface area is 140 Å². The average Bonchev–Trinajstić information content (AvgIpc) is 3.22. The minimum Gasteiger partial charge on any atom is -0.454 e. The third-order valence-electron chi connectivity index (χ3n) is 4.73. The van der Waals surface area contributed by atoms with E-state index in [1.165, 1.54) is 0 Å². The zero-order chi connectivity index (χ0) is 16.5. The molecule has 24 heavy (non-hydrogen) atoms. The molecule has 7 nitrogen and oxygen atoms in total. The van der Waals surface area contributed by atoms with Crippen LogP contribution in [0.1, 0.15) is 18.4 Å². The number of ether oxygens (including phenoxy) is 3. The molecule has 3 heterocycles. The van der Waals surface area contributed by atoms with Crippen molar-refractivity contribution in [1.29, 1.82) is 0 Å². The summed E-state index contributed by atoms with van der Waals surface area (Å²) in [4.78, 5) is 28.5. The molecule has 3 aliphatic heterocycles. The summed E-state index contributed by atoms with van der Waals surface area (Å²) in [7, 11) is 0. The number of amides is 2. The van der Waals surface area contributed by atoms with Crippen LogP contribution in [0.5, 0.6) is 11.5 Å². The van der Waals surface area contributed by atoms with Gasteiger partial charge in [0.15, 0.2) is 11.5 Å². The molecular weight excluding hydrogens is 312 g/mol. The number of fused-ring (bicyclic) bond motifs is 1. The van der Waals surface area contributed by atoms with Crippen molar-refractivity contribution in [1.82, 2.24) is 9.80 Å². The summed E-state index contributed by atoms with van der Waals surface area (Å²) in [5, 5.41) is 0. The molecule has 128 valence electrons. The quantitative estimate of drug-likeness (QED) is 0.818. The van der Waals surface area contributed by atoms with Gasteiger partial charge in [0.1, 0.15) is 6.04 Å². The van der Waals surface area contributed by atoms with Gasteiger partial charge >= 0.3 is 0 Å². The van der Waals surface area contributed by atoms with Gasteiger partial charge in [-0.15, -0.1) is 0 Å². The monoisotopic (exact) mass is 332 g/mol. The van der Waals surface area contributed by atoms with Crippen LogP contribution >= 0.6 is 0 Å². The van der Waals surface area contributed by atoms with Crippen molar-refractivity contribution in [2.45, 2.75) is 25.4 Å². The lowest BCUT2D eigenvalue weighted by molar-refractivity contribution is -0.144. The number of hydrogen-bond acceptors (Lipinski definition) is 5. The van der Waals surface area contributed by atoms with Crippen molar-refractivity contribution in [3.63, 3.8) is 0 Å². The predicted octanol–water partition coefficient (Wildman–Crippen LogP) is 0.765. The largest absolute Gasteiger partial charge is 0.454 e. The van der Waals surface area contributed by atoms with Gasteiger partial charge in [0.25, 0.3) is 0 Å². The van der Waals surface area contributed by atoms with E-state index in [0.29, 0.717) is 57.2 Å². The smallest absolute Gasteiger partial charge is 0.245 e. The summed E-state index contributed by atoms with van der Waals surface area (Å²) >= 11 is 0. The fraction of sp³-hybridized carbons (Fsp3) is 0.529. The Hall–Kier alpha value is -2.28. The fourth-order valence-corrected chi connectivity index (χ4v) is 3.42. The van der Waals surface area contributed by atoms with Crippen LogP contribution in [-0.4, -0.2) is 60.8 Å². The molecule has 0 unspecified atom stereocenters. The van der Waals surface area contributed by atoms with E-state index in [1.807, 2.05) is 18.2 Å². The molecule has 0 bridgehead atoms. The van der Waals surface area contributed by atoms with Crippen LogP contribution in [0.3, 0.4) is 0 Å². The molecule has 2 amide bonds. The Bertz CT molecular complexity index is 656. The molecule has 1 aromatic rings. The molecule has 0 saturated carbocycles. The summed E-state index contributed by atoms with van der Waals surface area (Å²) in [5.74, 6) is 1.46. The standard InChI is InChI=1S/C17H20N2O5/c20-16-4-2-13(17(21)18-5-7-22-8-6-18)19(16)10-12-1-3-14-15(9-12)24-11-23-14/h1,3,9,13H,2,4-8,10-11H2/t13-/m1/s1. The summed E-state index contributed by atoms with van der Waals surface area (Å²) < 4.78 is 16.0. The molecule has 4 rings (SSSR count). The highest BCUT2D eigenvalue weighted by Crippen LogP contribution is 2.33. The fourth-order valence-electron chi connectivity index (χ4n) is 3.42. The first-order valence-corrected chi connectivity index (χ1v) is 8.27. The van der Waals surface area contributed by atoms with Crippen molar-refractivity contribution in [2.75, 3.05) is 33.1 Å². The van der Waals surface area contributed by atoms with E-state index in [0.717, 1.165) is 5.56 Å². The van der Waals surface area contributed by atoms with Crippen LogP contribution in [0.25, 0.3) is 0 Å². The van der Waals surface area contributed by atoms with Crippen LogP contribution < -0.4 is 9.47 Å². The van der Waals surface area contributed by atoms with Crippen molar-refractivity contribution in [3.8, 4) is 11.5 Å². The van der Waals surface area contributed by atoms with Crippen LogP contribution in [0, 0.1) is 0 Å². The van der Waals surface area contributed by atoms with E-state index in [9.17, 15) is 9.59 Å². The van der Waals surface area contributed by atoms with Gasteiger partial charge in [0.05, 0.1) is 13.2 Å². The van der Waals surface area contributed by atoms with Crippen molar-refractivity contribution in [3.05, 3.63) is 23.8 Å². The second-order valence-corrected chi connectivity index (χ2v) is 6.20. The lowest BCUT2D eigenvalue weighted by Crippen LogP contribution is -2.50. The Balaban J connectivity index is 1.49. The van der Waals surface area contributed by atoms with E-state index in [-0.39, 0.29) is 24.6 Å². The van der Waals surface area contributed by atoms with Crippen LogP contribution in [0.15, 0.2) is 18.2 Å². The van der Waals surface area contributed by atoms with Crippen LogP contribution in [-0.2, 0) is 20.9 Å². The highest BCUT2D eigenvalue weighted by Gasteiger charge is 2.38. The number of carbonyl (C=O) groups is 2. The predicted molar refractivity (Wildman–Crippen MR) is 83.5 cm³/mol. The topological polar surface area (TPSA) is 68.3 Å². The first kappa shape index (κ1) is 15.3. The maximum Gasteiger partial charge on any atom is 0.245 e. The van der Waals surface area contributed by atoms with Gasteiger partial charge < -0.3 is 24.0 Å². The molecule has 3 aliphatic rings. The number of nitrogens with zero attached hydrogens (tertiary/aromatic N) is 2. The first-order valence-electron chi connectivity index (χ1n) is 8.27. The molecule has 2 fully saturated rings. The Morgan fingerprint density at radius 1 is 1.17 bits per heavy atom. The third kappa shape index (κ3) is 2.80. The molecule has 2 saturated heterocycles. The Kier molecular flexibility index (Phi) is 4.02.